The lowest BCUT2D eigenvalue weighted by molar-refractivity contribution is -0.119. The van der Waals surface area contributed by atoms with Crippen LogP contribution in [-0.4, -0.2) is 50.5 Å². The van der Waals surface area contributed by atoms with Crippen molar-refractivity contribution in [3.8, 4) is 0 Å². The number of carbonyl (C=O) groups excluding carboxylic acids is 1. The summed E-state index contributed by atoms with van der Waals surface area (Å²) >= 11 is 1.37. The second-order valence-electron chi connectivity index (χ2n) is 4.92. The third kappa shape index (κ3) is 5.15. The molecule has 0 bridgehead atoms. The maximum Gasteiger partial charge on any atom is 0.230 e. The first-order valence-corrected chi connectivity index (χ1v) is 7.55. The molecule has 0 unspecified atom stereocenters. The zero-order valence-corrected chi connectivity index (χ0v) is 12.1. The molecule has 2 N–H and O–H groups in total. The molecule has 1 aliphatic carbocycles. The average molecular weight is 284 g/mol. The molecule has 0 radical (unpaired) electrons. The topological polar surface area (TPSA) is 84.7 Å². The number of thioether (sulfide) groups is 1. The third-order valence-electron chi connectivity index (χ3n) is 2.62. The minimum absolute atomic E-state index is 0.00524. The molecule has 0 spiro atoms. The van der Waals surface area contributed by atoms with Gasteiger partial charge >= 0.3 is 0 Å². The fourth-order valence-electron chi connectivity index (χ4n) is 1.60. The molecule has 106 valence electrons. The molecule has 7 nitrogen and oxygen atoms in total. The van der Waals surface area contributed by atoms with Crippen LogP contribution in [0.1, 0.15) is 26.7 Å². The molecule has 0 atom stereocenters. The molecule has 8 heteroatoms. The highest BCUT2D eigenvalue weighted by Gasteiger charge is 2.20. The van der Waals surface area contributed by atoms with Gasteiger partial charge in [-0.3, -0.25) is 4.79 Å². The van der Waals surface area contributed by atoms with Crippen molar-refractivity contribution in [3.05, 3.63) is 0 Å². The van der Waals surface area contributed by atoms with Gasteiger partial charge < -0.3 is 10.6 Å². The van der Waals surface area contributed by atoms with E-state index in [1.807, 2.05) is 13.8 Å². The van der Waals surface area contributed by atoms with Crippen molar-refractivity contribution in [2.45, 2.75) is 50.5 Å². The van der Waals surface area contributed by atoms with Gasteiger partial charge in [-0.1, -0.05) is 11.8 Å². The standard InChI is InChI=1S/C11H20N6OS/c1-8(2)13-10(18)7-19-11-14-15-16-17(11)6-5-12-9-3-4-9/h8-9,12H,3-7H2,1-2H3,(H,13,18). The molecule has 0 saturated heterocycles. The second kappa shape index (κ2) is 6.85. The Morgan fingerprint density at radius 2 is 2.32 bits per heavy atom. The number of amides is 1. The van der Waals surface area contributed by atoms with Crippen LogP contribution in [-0.2, 0) is 11.3 Å². The Balaban J connectivity index is 1.73. The SMILES string of the molecule is CC(C)NC(=O)CSc1nnnn1CCNC1CC1. The van der Waals surface area contributed by atoms with Gasteiger partial charge in [0.25, 0.3) is 0 Å². The summed E-state index contributed by atoms with van der Waals surface area (Å²) in [6, 6.07) is 0.844. The Morgan fingerprint density at radius 1 is 1.53 bits per heavy atom. The zero-order chi connectivity index (χ0) is 13.7. The van der Waals surface area contributed by atoms with Gasteiger partial charge in [0.1, 0.15) is 0 Å². The van der Waals surface area contributed by atoms with E-state index >= 15 is 0 Å². The van der Waals surface area contributed by atoms with Gasteiger partial charge in [-0.2, -0.15) is 0 Å². The molecule has 1 aromatic rings. The van der Waals surface area contributed by atoms with Gasteiger partial charge in [0.15, 0.2) is 0 Å². The highest BCUT2D eigenvalue weighted by atomic mass is 32.2. The largest absolute Gasteiger partial charge is 0.353 e. The summed E-state index contributed by atoms with van der Waals surface area (Å²) in [5.74, 6) is 0.347. The number of hydrogen-bond acceptors (Lipinski definition) is 6. The van der Waals surface area contributed by atoms with Crippen LogP contribution in [0.15, 0.2) is 5.16 Å². The van der Waals surface area contributed by atoms with E-state index in [2.05, 4.69) is 26.2 Å². The van der Waals surface area contributed by atoms with Gasteiger partial charge in [0, 0.05) is 18.6 Å². The van der Waals surface area contributed by atoms with Crippen LogP contribution in [0.25, 0.3) is 0 Å². The summed E-state index contributed by atoms with van der Waals surface area (Å²) in [4.78, 5) is 11.5. The van der Waals surface area contributed by atoms with E-state index in [1.165, 1.54) is 24.6 Å². The molecular formula is C11H20N6OS. The van der Waals surface area contributed by atoms with Crippen molar-refractivity contribution in [3.63, 3.8) is 0 Å². The first kappa shape index (κ1) is 14.3. The third-order valence-corrected chi connectivity index (χ3v) is 3.57. The molecule has 1 aromatic heterocycles. The number of aromatic nitrogens is 4. The second-order valence-corrected chi connectivity index (χ2v) is 5.87. The lowest BCUT2D eigenvalue weighted by atomic mass is 10.4. The van der Waals surface area contributed by atoms with E-state index in [0.29, 0.717) is 17.0 Å². The van der Waals surface area contributed by atoms with E-state index in [1.54, 1.807) is 4.68 Å². The summed E-state index contributed by atoms with van der Waals surface area (Å²) < 4.78 is 1.74. The normalized spacial score (nSPS) is 14.9. The summed E-state index contributed by atoms with van der Waals surface area (Å²) in [6.45, 7) is 5.48. The Labute approximate surface area is 116 Å². The van der Waals surface area contributed by atoms with Gasteiger partial charge in [0.05, 0.1) is 12.3 Å². The highest BCUT2D eigenvalue weighted by molar-refractivity contribution is 7.99. The van der Waals surface area contributed by atoms with Crippen LogP contribution >= 0.6 is 11.8 Å². The molecule has 0 aliphatic heterocycles. The van der Waals surface area contributed by atoms with Crippen molar-refractivity contribution in [2.75, 3.05) is 12.3 Å². The van der Waals surface area contributed by atoms with Crippen LogP contribution in [0.3, 0.4) is 0 Å². The molecule has 1 aliphatic rings. The van der Waals surface area contributed by atoms with Crippen molar-refractivity contribution in [1.82, 2.24) is 30.8 Å². The van der Waals surface area contributed by atoms with Crippen LogP contribution in [0.2, 0.25) is 0 Å². The molecule has 1 heterocycles. The van der Waals surface area contributed by atoms with Crippen LogP contribution in [0.5, 0.6) is 0 Å². The van der Waals surface area contributed by atoms with Crippen LogP contribution in [0, 0.1) is 0 Å². The molecule has 1 saturated carbocycles. The summed E-state index contributed by atoms with van der Waals surface area (Å²) in [6.07, 6.45) is 2.54. The predicted octanol–water partition coefficient (Wildman–Crippen LogP) is 0.0418. The number of nitrogens with zero attached hydrogens (tertiary/aromatic N) is 4. The molecule has 2 rings (SSSR count). The van der Waals surface area contributed by atoms with Gasteiger partial charge in [0.2, 0.25) is 11.1 Å². The predicted molar refractivity (Wildman–Crippen MR) is 72.8 cm³/mol. The summed E-state index contributed by atoms with van der Waals surface area (Å²) in [5.41, 5.74) is 0. The quantitative estimate of drug-likeness (QED) is 0.656. The Hall–Kier alpha value is -1.15. The summed E-state index contributed by atoms with van der Waals surface area (Å²) in [7, 11) is 0. The van der Waals surface area contributed by atoms with Gasteiger partial charge in [-0.15, -0.1) is 5.10 Å². The molecule has 0 aromatic carbocycles. The van der Waals surface area contributed by atoms with E-state index in [4.69, 9.17) is 0 Å². The van der Waals surface area contributed by atoms with Crippen molar-refractivity contribution in [1.29, 1.82) is 0 Å². The zero-order valence-electron chi connectivity index (χ0n) is 11.3. The summed E-state index contributed by atoms with van der Waals surface area (Å²) in [5, 5.41) is 18.5. The first-order valence-electron chi connectivity index (χ1n) is 6.57. The lowest BCUT2D eigenvalue weighted by Gasteiger charge is -2.08. The Morgan fingerprint density at radius 3 is 3.00 bits per heavy atom. The first-order chi connectivity index (χ1) is 9.15. The highest BCUT2D eigenvalue weighted by Crippen LogP contribution is 2.18. The van der Waals surface area contributed by atoms with Crippen LogP contribution in [0.4, 0.5) is 0 Å². The molecule has 1 amide bonds. The number of carbonyl (C=O) groups is 1. The monoisotopic (exact) mass is 284 g/mol. The fourth-order valence-corrected chi connectivity index (χ4v) is 2.31. The Kier molecular flexibility index (Phi) is 5.15. The van der Waals surface area contributed by atoms with E-state index in [9.17, 15) is 4.79 Å². The van der Waals surface area contributed by atoms with E-state index in [0.717, 1.165) is 13.1 Å². The number of tetrazole rings is 1. The average Bonchev–Trinajstić information content (AvgIpc) is 3.05. The number of nitrogens with one attached hydrogen (secondary N) is 2. The molecule has 19 heavy (non-hydrogen) atoms. The smallest absolute Gasteiger partial charge is 0.230 e. The van der Waals surface area contributed by atoms with Gasteiger partial charge in [-0.25, -0.2) is 4.68 Å². The molecular weight excluding hydrogens is 264 g/mol. The number of rotatable bonds is 8. The number of hydrogen-bond donors (Lipinski definition) is 2. The van der Waals surface area contributed by atoms with Crippen molar-refractivity contribution >= 4 is 17.7 Å². The van der Waals surface area contributed by atoms with Gasteiger partial charge in [-0.05, 0) is 37.1 Å². The lowest BCUT2D eigenvalue weighted by Crippen LogP contribution is -2.31. The molecule has 1 fully saturated rings. The minimum Gasteiger partial charge on any atom is -0.353 e. The van der Waals surface area contributed by atoms with Crippen LogP contribution < -0.4 is 10.6 Å². The maximum absolute atomic E-state index is 11.5. The van der Waals surface area contributed by atoms with E-state index in [-0.39, 0.29) is 11.9 Å². The van der Waals surface area contributed by atoms with E-state index < -0.39 is 0 Å². The fraction of sp³-hybridized carbons (Fsp3) is 0.818. The Bertz CT molecular complexity index is 417. The van der Waals surface area contributed by atoms with Crippen molar-refractivity contribution in [2.24, 2.45) is 0 Å². The maximum atomic E-state index is 11.5. The minimum atomic E-state index is 0.00524. The van der Waals surface area contributed by atoms with Crippen molar-refractivity contribution < 1.29 is 4.79 Å².